The summed E-state index contributed by atoms with van der Waals surface area (Å²) in [6, 6.07) is 0. The first-order valence-electron chi connectivity index (χ1n) is 40.1. The van der Waals surface area contributed by atoms with Crippen LogP contribution in [0.1, 0.15) is 310 Å². The van der Waals surface area contributed by atoms with Crippen LogP contribution in [-0.2, 0) is 65.4 Å². The molecule has 5 unspecified atom stereocenters. The molecule has 0 amide bonds. The highest BCUT2D eigenvalue weighted by Crippen LogP contribution is 2.45. The fourth-order valence-electron chi connectivity index (χ4n) is 10.3. The molecule has 17 nitrogen and oxygen atoms in total. The van der Waals surface area contributed by atoms with Crippen LogP contribution < -0.4 is 0 Å². The van der Waals surface area contributed by atoms with Gasteiger partial charge in [0.15, 0.2) is 12.2 Å². The van der Waals surface area contributed by atoms with E-state index < -0.39 is 97.5 Å². The molecular formula is C85H142O17P2. The molecule has 0 aromatic rings. The summed E-state index contributed by atoms with van der Waals surface area (Å²) < 4.78 is 68.6. The highest BCUT2D eigenvalue weighted by Gasteiger charge is 2.30. The SMILES string of the molecule is CC/C=C\C/C=C\C/C=C\C/C=C\C/C=C\CCCCCC(=O)OCC(COP(=O)(O)OCC(O)COP(=O)(O)OCC(COC(=O)CCCCCCCCC/C=C\C/C=C\C/C=C\CC)OC(=O)CCCCCCCCCCCCC)OC(=O)CCCCCC/C=C\C/C=C\C/C=C\C/C=C\CC. The van der Waals surface area contributed by atoms with E-state index in [1.54, 1.807) is 0 Å². The third kappa shape index (κ3) is 75.2. The van der Waals surface area contributed by atoms with Crippen molar-refractivity contribution in [3.63, 3.8) is 0 Å². The number of carbonyl (C=O) groups is 4. The molecule has 0 rings (SSSR count). The van der Waals surface area contributed by atoms with E-state index in [1.165, 1.54) is 38.5 Å². The summed E-state index contributed by atoms with van der Waals surface area (Å²) in [5.41, 5.74) is 0. The lowest BCUT2D eigenvalue weighted by molar-refractivity contribution is -0.161. The van der Waals surface area contributed by atoms with Gasteiger partial charge in [-0.15, -0.1) is 0 Å². The van der Waals surface area contributed by atoms with Crippen molar-refractivity contribution in [1.29, 1.82) is 0 Å². The topological polar surface area (TPSA) is 237 Å². The zero-order valence-electron chi connectivity index (χ0n) is 64.9. The molecule has 0 spiro atoms. The third-order valence-electron chi connectivity index (χ3n) is 16.3. The zero-order valence-corrected chi connectivity index (χ0v) is 66.7. The number of hydrogen-bond donors (Lipinski definition) is 3. The third-order valence-corrected chi connectivity index (χ3v) is 18.2. The van der Waals surface area contributed by atoms with Gasteiger partial charge in [-0.1, -0.05) is 289 Å². The monoisotopic (exact) mass is 1500 g/mol. The van der Waals surface area contributed by atoms with Gasteiger partial charge in [-0.25, -0.2) is 9.13 Å². The maximum Gasteiger partial charge on any atom is 0.472 e. The minimum Gasteiger partial charge on any atom is -0.462 e. The first-order valence-corrected chi connectivity index (χ1v) is 43.1. The van der Waals surface area contributed by atoms with E-state index in [4.69, 9.17) is 37.0 Å². The summed E-state index contributed by atoms with van der Waals surface area (Å²) in [6.07, 6.45) is 86.8. The second-order valence-electron chi connectivity index (χ2n) is 26.2. The van der Waals surface area contributed by atoms with Crippen LogP contribution in [0.5, 0.6) is 0 Å². The van der Waals surface area contributed by atoms with Crippen molar-refractivity contribution in [2.75, 3.05) is 39.6 Å². The summed E-state index contributed by atoms with van der Waals surface area (Å²) in [4.78, 5) is 73.0. The van der Waals surface area contributed by atoms with Gasteiger partial charge >= 0.3 is 39.5 Å². The molecule has 5 atom stereocenters. The molecule has 0 saturated heterocycles. The number of hydrogen-bond acceptors (Lipinski definition) is 15. The van der Waals surface area contributed by atoms with E-state index in [2.05, 4.69) is 174 Å². The molecule has 3 N–H and O–H groups in total. The highest BCUT2D eigenvalue weighted by atomic mass is 31.2. The maximum absolute atomic E-state index is 13.1. The van der Waals surface area contributed by atoms with E-state index in [-0.39, 0.29) is 25.7 Å². The van der Waals surface area contributed by atoms with Crippen molar-refractivity contribution < 1.29 is 80.2 Å². The van der Waals surface area contributed by atoms with Crippen LogP contribution in [0.3, 0.4) is 0 Å². The number of allylic oxidation sites excluding steroid dienone is 24. The van der Waals surface area contributed by atoms with E-state index >= 15 is 0 Å². The van der Waals surface area contributed by atoms with E-state index in [9.17, 15) is 43.2 Å². The van der Waals surface area contributed by atoms with Crippen molar-refractivity contribution in [3.05, 3.63) is 146 Å². The number of aliphatic hydroxyl groups is 1. The Hall–Kier alpha value is -5.06. The van der Waals surface area contributed by atoms with Gasteiger partial charge in [-0.2, -0.15) is 0 Å². The van der Waals surface area contributed by atoms with Gasteiger partial charge in [-0.3, -0.25) is 37.3 Å². The normalized spacial score (nSPS) is 14.6. The number of rotatable bonds is 74. The standard InChI is InChI=1S/C85H142O17P2/c1-5-9-13-17-21-25-29-32-35-38-39-42-44-47-51-54-58-62-66-70-83(88)96-76-81(102-85(90)72-68-64-60-56-52-48-45-41-37-34-31-27-23-19-15-11-7-3)78-100-104(93,94)98-74-79(86)73-97-103(91,92)99-77-80(101-84(89)71-67-63-59-55-49-28-24-20-16-12-8-4)75-95-82(87)69-65-61-57-53-50-46-43-40-36-33-30-26-22-18-14-10-6-2/h9-11,13-15,21-23,25-27,32-37,39,42,45,47-48,51,79-81,86H,5-8,12,16-20,24,28-31,38,40-41,43-44,46,49-50,52-78H2,1-4H3,(H,91,92)(H,93,94)/b13-9-,14-10-,15-11-,25-21-,26-22-,27-23-,35-32-,36-33-,37-34-,42-39-,48-45-,51-47-. The Kier molecular flexibility index (Phi) is 72.4. The van der Waals surface area contributed by atoms with Crippen molar-refractivity contribution in [2.24, 2.45) is 0 Å². The Morgan fingerprint density at radius 2 is 0.500 bits per heavy atom. The lowest BCUT2D eigenvalue weighted by atomic mass is 10.1. The van der Waals surface area contributed by atoms with Crippen LogP contribution in [0.15, 0.2) is 146 Å². The largest absolute Gasteiger partial charge is 0.472 e. The predicted octanol–water partition coefficient (Wildman–Crippen LogP) is 23.4. The van der Waals surface area contributed by atoms with Crippen LogP contribution in [-0.4, -0.2) is 96.7 Å². The molecule has 594 valence electrons. The molecule has 0 aliphatic heterocycles. The van der Waals surface area contributed by atoms with Gasteiger partial charge in [0.1, 0.15) is 19.3 Å². The van der Waals surface area contributed by atoms with Crippen LogP contribution in [0, 0.1) is 0 Å². The minimum absolute atomic E-state index is 0.0552. The van der Waals surface area contributed by atoms with Crippen molar-refractivity contribution in [1.82, 2.24) is 0 Å². The fraction of sp³-hybridized carbons (Fsp3) is 0.671. The average molecular weight is 1500 g/mol. The molecule has 0 bridgehead atoms. The second kappa shape index (κ2) is 76.1. The van der Waals surface area contributed by atoms with E-state index in [0.29, 0.717) is 25.7 Å². The van der Waals surface area contributed by atoms with Gasteiger partial charge in [0.25, 0.3) is 0 Å². The van der Waals surface area contributed by atoms with Gasteiger partial charge in [-0.05, 0) is 141 Å². The summed E-state index contributed by atoms with van der Waals surface area (Å²) in [5.74, 6) is -2.25. The lowest BCUT2D eigenvalue weighted by Gasteiger charge is -2.21. The number of carbonyl (C=O) groups excluding carboxylic acids is 4. The van der Waals surface area contributed by atoms with Crippen molar-refractivity contribution in [3.8, 4) is 0 Å². The minimum atomic E-state index is -5.00. The Labute approximate surface area is 630 Å². The predicted molar refractivity (Wildman–Crippen MR) is 427 cm³/mol. The highest BCUT2D eigenvalue weighted by molar-refractivity contribution is 7.47. The molecule has 0 radical (unpaired) electrons. The molecule has 0 saturated carbocycles. The van der Waals surface area contributed by atoms with Gasteiger partial charge in [0.05, 0.1) is 26.4 Å². The molecule has 19 heteroatoms. The van der Waals surface area contributed by atoms with E-state index in [1.807, 2.05) is 0 Å². The maximum atomic E-state index is 13.1. The number of aliphatic hydroxyl groups excluding tert-OH is 1. The van der Waals surface area contributed by atoms with Gasteiger partial charge in [0.2, 0.25) is 0 Å². The molecular weight excluding hydrogens is 1350 g/mol. The molecule has 0 aromatic carbocycles. The second-order valence-corrected chi connectivity index (χ2v) is 29.1. The Morgan fingerprint density at radius 1 is 0.279 bits per heavy atom. The molecule has 0 fully saturated rings. The molecule has 0 heterocycles. The van der Waals surface area contributed by atoms with Crippen LogP contribution in [0.4, 0.5) is 0 Å². The fourth-order valence-corrected chi connectivity index (χ4v) is 11.9. The number of ether oxygens (including phenoxy) is 4. The Morgan fingerprint density at radius 3 is 0.779 bits per heavy atom. The van der Waals surface area contributed by atoms with Gasteiger partial charge in [0, 0.05) is 25.7 Å². The first-order chi connectivity index (χ1) is 50.7. The summed E-state index contributed by atoms with van der Waals surface area (Å²) in [5, 5.41) is 10.6. The lowest BCUT2D eigenvalue weighted by Crippen LogP contribution is -2.30. The first kappa shape index (κ1) is 98.9. The summed E-state index contributed by atoms with van der Waals surface area (Å²) in [7, 11) is -9.98. The molecule has 0 aliphatic rings. The number of unbranched alkanes of at least 4 members (excludes halogenated alkanes) is 24. The quantitative estimate of drug-likeness (QED) is 0.0169. The average Bonchev–Trinajstić information content (AvgIpc) is 0.931. The Balaban J connectivity index is 5.40. The number of phosphoric acid groups is 2. The van der Waals surface area contributed by atoms with Crippen LogP contribution in [0.25, 0.3) is 0 Å². The zero-order chi connectivity index (χ0) is 76.0. The Bertz CT molecular complexity index is 2540. The van der Waals surface area contributed by atoms with Crippen molar-refractivity contribution >= 4 is 39.5 Å². The smallest absolute Gasteiger partial charge is 0.462 e. The number of phosphoric ester groups is 2. The number of esters is 4. The van der Waals surface area contributed by atoms with Crippen LogP contribution >= 0.6 is 15.6 Å². The van der Waals surface area contributed by atoms with E-state index in [0.717, 1.165) is 193 Å². The summed E-state index contributed by atoms with van der Waals surface area (Å²) >= 11 is 0. The molecule has 0 aromatic heterocycles. The summed E-state index contributed by atoms with van der Waals surface area (Å²) in [6.45, 7) is 4.46. The molecule has 104 heavy (non-hydrogen) atoms. The molecule has 0 aliphatic carbocycles. The van der Waals surface area contributed by atoms with Gasteiger partial charge < -0.3 is 33.8 Å². The van der Waals surface area contributed by atoms with Crippen molar-refractivity contribution in [2.45, 2.75) is 329 Å². The van der Waals surface area contributed by atoms with Crippen LogP contribution in [0.2, 0.25) is 0 Å².